The van der Waals surface area contributed by atoms with Crippen LogP contribution in [0.5, 0.6) is 0 Å². The molecule has 2 rings (SSSR count). The predicted octanol–water partition coefficient (Wildman–Crippen LogP) is 5.20. The van der Waals surface area contributed by atoms with Crippen LogP contribution in [-0.2, 0) is 10.2 Å². The van der Waals surface area contributed by atoms with Gasteiger partial charge in [-0.15, -0.1) is 0 Å². The highest BCUT2D eigenvalue weighted by Crippen LogP contribution is 2.23. The summed E-state index contributed by atoms with van der Waals surface area (Å²) in [5, 5.41) is -0.0563. The van der Waals surface area contributed by atoms with E-state index >= 15 is 0 Å². The van der Waals surface area contributed by atoms with Gasteiger partial charge in [-0.3, -0.25) is 4.79 Å². The Morgan fingerprint density at radius 2 is 1.68 bits per heavy atom. The standard InChI is InChI=1S/C20H20ClFO3/c1-12(25-19(24)17-15(21)6-5-7-16(17)22)18(23)13-8-10-14(11-9-13)20(2,3)4/h5-12H,1-4H3/t12-/m0/s1. The highest BCUT2D eigenvalue weighted by Gasteiger charge is 2.24. The number of carbonyl (C=O) groups excluding carboxylic acids is 2. The minimum Gasteiger partial charge on any atom is -0.451 e. The summed E-state index contributed by atoms with van der Waals surface area (Å²) in [6.45, 7) is 7.68. The molecule has 0 spiro atoms. The van der Waals surface area contributed by atoms with E-state index in [4.69, 9.17) is 16.3 Å². The van der Waals surface area contributed by atoms with Crippen LogP contribution in [0.1, 0.15) is 54.0 Å². The maximum Gasteiger partial charge on any atom is 0.343 e. The number of hydrogen-bond acceptors (Lipinski definition) is 3. The molecule has 132 valence electrons. The van der Waals surface area contributed by atoms with E-state index in [0.29, 0.717) is 5.56 Å². The van der Waals surface area contributed by atoms with Crippen LogP contribution < -0.4 is 0 Å². The van der Waals surface area contributed by atoms with Gasteiger partial charge in [0, 0.05) is 5.56 Å². The van der Waals surface area contributed by atoms with E-state index in [2.05, 4.69) is 20.8 Å². The molecule has 0 saturated carbocycles. The predicted molar refractivity (Wildman–Crippen MR) is 95.8 cm³/mol. The Hall–Kier alpha value is -2.20. The second kappa shape index (κ2) is 7.36. The minimum absolute atomic E-state index is 0.0265. The summed E-state index contributed by atoms with van der Waals surface area (Å²) >= 11 is 5.84. The SMILES string of the molecule is C[C@H](OC(=O)c1c(F)cccc1Cl)C(=O)c1ccc(C(C)(C)C)cc1. The van der Waals surface area contributed by atoms with Gasteiger partial charge in [0.05, 0.1) is 5.02 Å². The fourth-order valence-corrected chi connectivity index (χ4v) is 2.58. The number of carbonyl (C=O) groups is 2. The van der Waals surface area contributed by atoms with Gasteiger partial charge in [-0.1, -0.05) is 62.7 Å². The lowest BCUT2D eigenvalue weighted by Crippen LogP contribution is -2.25. The Balaban J connectivity index is 2.14. The van der Waals surface area contributed by atoms with Gasteiger partial charge < -0.3 is 4.74 Å². The molecule has 0 heterocycles. The first-order valence-corrected chi connectivity index (χ1v) is 8.29. The Bertz CT molecular complexity index is 771. The highest BCUT2D eigenvalue weighted by atomic mass is 35.5. The molecule has 2 aromatic carbocycles. The Morgan fingerprint density at radius 1 is 1.08 bits per heavy atom. The van der Waals surface area contributed by atoms with E-state index in [1.807, 2.05) is 12.1 Å². The van der Waals surface area contributed by atoms with E-state index in [-0.39, 0.29) is 21.8 Å². The molecule has 0 aliphatic rings. The first-order valence-electron chi connectivity index (χ1n) is 7.91. The summed E-state index contributed by atoms with van der Waals surface area (Å²) in [6, 6.07) is 11.0. The van der Waals surface area contributed by atoms with Crippen molar-refractivity contribution in [1.29, 1.82) is 0 Å². The van der Waals surface area contributed by atoms with Crippen molar-refractivity contribution in [3.05, 3.63) is 70.0 Å². The van der Waals surface area contributed by atoms with Crippen LogP contribution in [0.15, 0.2) is 42.5 Å². The first kappa shape index (κ1) is 19.1. The van der Waals surface area contributed by atoms with Gasteiger partial charge in [-0.05, 0) is 30.0 Å². The molecule has 0 aromatic heterocycles. The minimum atomic E-state index is -1.05. The molecule has 0 bridgehead atoms. The molecular weight excluding hydrogens is 343 g/mol. The van der Waals surface area contributed by atoms with Crippen LogP contribution >= 0.6 is 11.6 Å². The number of esters is 1. The van der Waals surface area contributed by atoms with Crippen LogP contribution in [0.25, 0.3) is 0 Å². The second-order valence-corrected chi connectivity index (χ2v) is 7.24. The number of ketones is 1. The van der Waals surface area contributed by atoms with Crippen molar-refractivity contribution in [3.8, 4) is 0 Å². The van der Waals surface area contributed by atoms with E-state index in [1.165, 1.54) is 19.1 Å². The summed E-state index contributed by atoms with van der Waals surface area (Å²) in [5.41, 5.74) is 1.12. The van der Waals surface area contributed by atoms with E-state index in [1.54, 1.807) is 12.1 Å². The number of hydrogen-bond donors (Lipinski definition) is 0. The van der Waals surface area contributed by atoms with Gasteiger partial charge in [0.2, 0.25) is 5.78 Å². The van der Waals surface area contributed by atoms with Gasteiger partial charge in [0.1, 0.15) is 11.4 Å². The van der Waals surface area contributed by atoms with Gasteiger partial charge >= 0.3 is 5.97 Å². The van der Waals surface area contributed by atoms with Crippen molar-refractivity contribution in [1.82, 2.24) is 0 Å². The fraction of sp³-hybridized carbons (Fsp3) is 0.300. The second-order valence-electron chi connectivity index (χ2n) is 6.84. The number of halogens is 2. The van der Waals surface area contributed by atoms with E-state index in [9.17, 15) is 14.0 Å². The number of ether oxygens (including phenoxy) is 1. The van der Waals surface area contributed by atoms with Gasteiger partial charge in [0.25, 0.3) is 0 Å². The molecular formula is C20H20ClFO3. The Kier molecular flexibility index (Phi) is 5.63. The van der Waals surface area contributed by atoms with Gasteiger partial charge in [-0.2, -0.15) is 0 Å². The topological polar surface area (TPSA) is 43.4 Å². The van der Waals surface area contributed by atoms with Gasteiger partial charge in [0.15, 0.2) is 6.10 Å². The van der Waals surface area contributed by atoms with E-state index in [0.717, 1.165) is 11.6 Å². The first-order chi connectivity index (χ1) is 11.6. The molecule has 2 aromatic rings. The summed E-state index contributed by atoms with van der Waals surface area (Å²) in [5.74, 6) is -2.11. The molecule has 0 fully saturated rings. The molecule has 1 atom stereocenters. The van der Waals surface area contributed by atoms with Crippen LogP contribution in [0.4, 0.5) is 4.39 Å². The molecule has 5 heteroatoms. The van der Waals surface area contributed by atoms with Crippen LogP contribution in [0, 0.1) is 5.82 Å². The van der Waals surface area contributed by atoms with Crippen LogP contribution in [0.2, 0.25) is 5.02 Å². The van der Waals surface area contributed by atoms with Crippen molar-refractivity contribution in [2.45, 2.75) is 39.2 Å². The monoisotopic (exact) mass is 362 g/mol. The molecule has 0 radical (unpaired) electrons. The summed E-state index contributed by atoms with van der Waals surface area (Å²) < 4.78 is 18.9. The average molecular weight is 363 g/mol. The van der Waals surface area contributed by atoms with Crippen LogP contribution in [0.3, 0.4) is 0 Å². The van der Waals surface area contributed by atoms with Crippen molar-refractivity contribution in [2.75, 3.05) is 0 Å². The Labute approximate surface area is 151 Å². The van der Waals surface area contributed by atoms with Crippen molar-refractivity contribution in [3.63, 3.8) is 0 Å². The normalized spacial score (nSPS) is 12.6. The maximum absolute atomic E-state index is 13.8. The summed E-state index contributed by atoms with van der Waals surface area (Å²) in [6.07, 6.45) is -1.05. The quantitative estimate of drug-likeness (QED) is 0.554. The largest absolute Gasteiger partial charge is 0.451 e. The highest BCUT2D eigenvalue weighted by molar-refractivity contribution is 6.33. The van der Waals surface area contributed by atoms with Crippen molar-refractivity contribution >= 4 is 23.4 Å². The molecule has 0 unspecified atom stereocenters. The molecule has 0 N–H and O–H groups in total. The fourth-order valence-electron chi connectivity index (χ4n) is 2.34. The Morgan fingerprint density at radius 3 is 2.20 bits per heavy atom. The third-order valence-electron chi connectivity index (χ3n) is 3.86. The smallest absolute Gasteiger partial charge is 0.343 e. The lowest BCUT2D eigenvalue weighted by Gasteiger charge is -2.19. The van der Waals surface area contributed by atoms with Gasteiger partial charge in [-0.25, -0.2) is 9.18 Å². The molecule has 0 aliphatic carbocycles. The zero-order valence-electron chi connectivity index (χ0n) is 14.6. The number of rotatable bonds is 4. The summed E-state index contributed by atoms with van der Waals surface area (Å²) in [4.78, 5) is 24.6. The molecule has 0 saturated heterocycles. The zero-order valence-corrected chi connectivity index (χ0v) is 15.4. The molecule has 0 amide bonds. The molecule has 0 aliphatic heterocycles. The lowest BCUT2D eigenvalue weighted by molar-refractivity contribution is 0.0314. The van der Waals surface area contributed by atoms with E-state index < -0.39 is 17.9 Å². The van der Waals surface area contributed by atoms with Crippen LogP contribution in [-0.4, -0.2) is 17.9 Å². The number of Topliss-reactive ketones (excluding diaryl/α,β-unsaturated/α-hetero) is 1. The summed E-state index contributed by atoms with van der Waals surface area (Å²) in [7, 11) is 0. The molecule has 25 heavy (non-hydrogen) atoms. The average Bonchev–Trinajstić information content (AvgIpc) is 2.53. The zero-order chi connectivity index (χ0) is 18.8. The van der Waals surface area contributed by atoms with Crippen molar-refractivity contribution < 1.29 is 18.7 Å². The number of benzene rings is 2. The molecule has 3 nitrogen and oxygen atoms in total. The lowest BCUT2D eigenvalue weighted by atomic mass is 9.86. The third-order valence-corrected chi connectivity index (χ3v) is 4.17. The van der Waals surface area contributed by atoms with Crippen molar-refractivity contribution in [2.24, 2.45) is 0 Å². The maximum atomic E-state index is 13.8. The third kappa shape index (κ3) is 4.45.